The number of hydrogen-bond donors (Lipinski definition) is 1. The van der Waals surface area contributed by atoms with Gasteiger partial charge in [-0.25, -0.2) is 0 Å². The molecule has 0 aliphatic rings. The number of anilines is 1. The first kappa shape index (κ1) is 14.6. The van der Waals surface area contributed by atoms with Crippen LogP contribution in [0.3, 0.4) is 0 Å². The van der Waals surface area contributed by atoms with Gasteiger partial charge in [-0.1, -0.05) is 36.4 Å². The third-order valence-electron chi connectivity index (χ3n) is 3.84. The third-order valence-corrected chi connectivity index (χ3v) is 3.84. The fourth-order valence-corrected chi connectivity index (χ4v) is 2.55. The molecule has 0 fully saturated rings. The smallest absolute Gasteiger partial charge is 0.0432 e. The van der Waals surface area contributed by atoms with Gasteiger partial charge < -0.3 is 10.6 Å². The van der Waals surface area contributed by atoms with E-state index in [9.17, 15) is 0 Å². The monoisotopic (exact) mass is 268 g/mol. The van der Waals surface area contributed by atoms with Crippen molar-refractivity contribution in [1.82, 2.24) is 0 Å². The van der Waals surface area contributed by atoms with E-state index in [1.165, 1.54) is 27.9 Å². The van der Waals surface area contributed by atoms with E-state index in [-0.39, 0.29) is 0 Å². The molecule has 2 rings (SSSR count). The summed E-state index contributed by atoms with van der Waals surface area (Å²) in [7, 11) is 0. The molecule has 106 valence electrons. The number of nitrogens with zero attached hydrogens (tertiary/aromatic N) is 1. The van der Waals surface area contributed by atoms with Crippen molar-refractivity contribution in [2.45, 2.75) is 33.9 Å². The van der Waals surface area contributed by atoms with Crippen LogP contribution in [0, 0.1) is 13.8 Å². The molecule has 0 atom stereocenters. The molecule has 2 N–H and O–H groups in total. The molecule has 0 spiro atoms. The minimum Gasteiger partial charge on any atom is -0.367 e. The lowest BCUT2D eigenvalue weighted by atomic mass is 10.0. The summed E-state index contributed by atoms with van der Waals surface area (Å²) in [6, 6.07) is 15.1. The summed E-state index contributed by atoms with van der Waals surface area (Å²) < 4.78 is 0. The number of para-hydroxylation sites is 1. The van der Waals surface area contributed by atoms with Gasteiger partial charge >= 0.3 is 0 Å². The highest BCUT2D eigenvalue weighted by Crippen LogP contribution is 2.22. The summed E-state index contributed by atoms with van der Waals surface area (Å²) in [4.78, 5) is 2.42. The molecule has 0 aliphatic heterocycles. The van der Waals surface area contributed by atoms with Crippen LogP contribution < -0.4 is 10.6 Å². The van der Waals surface area contributed by atoms with Crippen LogP contribution in [0.15, 0.2) is 42.5 Å². The second-order valence-corrected chi connectivity index (χ2v) is 5.27. The molecule has 0 unspecified atom stereocenters. The zero-order valence-corrected chi connectivity index (χ0v) is 12.7. The van der Waals surface area contributed by atoms with Gasteiger partial charge in [-0.2, -0.15) is 0 Å². The van der Waals surface area contributed by atoms with Crippen molar-refractivity contribution >= 4 is 5.69 Å². The Morgan fingerprint density at radius 3 is 2.35 bits per heavy atom. The fourth-order valence-electron chi connectivity index (χ4n) is 2.55. The van der Waals surface area contributed by atoms with Crippen molar-refractivity contribution in [2.75, 3.05) is 11.4 Å². The number of benzene rings is 2. The molecule has 20 heavy (non-hydrogen) atoms. The van der Waals surface area contributed by atoms with Gasteiger partial charge in [-0.15, -0.1) is 0 Å². The molecule has 0 heterocycles. The highest BCUT2D eigenvalue weighted by atomic mass is 15.1. The van der Waals surface area contributed by atoms with Crippen molar-refractivity contribution in [1.29, 1.82) is 0 Å². The Labute approximate surface area is 122 Å². The predicted molar refractivity (Wildman–Crippen MR) is 87.0 cm³/mol. The van der Waals surface area contributed by atoms with Gasteiger partial charge in [0.25, 0.3) is 0 Å². The SMILES string of the molecule is CCN(Cc1ccc(CN)cc1C)c1ccccc1C. The Balaban J connectivity index is 2.25. The molecule has 0 bridgehead atoms. The Hall–Kier alpha value is -1.80. The van der Waals surface area contributed by atoms with Crippen LogP contribution in [0.25, 0.3) is 0 Å². The number of nitrogens with two attached hydrogens (primary N) is 1. The molecule has 0 saturated carbocycles. The maximum atomic E-state index is 5.70. The van der Waals surface area contributed by atoms with E-state index in [4.69, 9.17) is 5.73 Å². The summed E-state index contributed by atoms with van der Waals surface area (Å²) in [6.45, 7) is 9.09. The number of aryl methyl sites for hydroxylation is 2. The van der Waals surface area contributed by atoms with Crippen LogP contribution in [-0.2, 0) is 13.1 Å². The minimum atomic E-state index is 0.608. The van der Waals surface area contributed by atoms with E-state index in [1.807, 2.05) is 0 Å². The lowest BCUT2D eigenvalue weighted by Crippen LogP contribution is -2.23. The first-order valence-electron chi connectivity index (χ1n) is 7.24. The van der Waals surface area contributed by atoms with Gasteiger partial charge in [-0.05, 0) is 49.1 Å². The van der Waals surface area contributed by atoms with Crippen molar-refractivity contribution in [3.05, 3.63) is 64.7 Å². The molecule has 2 aromatic rings. The second kappa shape index (κ2) is 6.58. The average molecular weight is 268 g/mol. The summed E-state index contributed by atoms with van der Waals surface area (Å²) >= 11 is 0. The van der Waals surface area contributed by atoms with E-state index in [1.54, 1.807) is 0 Å². The summed E-state index contributed by atoms with van der Waals surface area (Å²) in [5.74, 6) is 0. The first-order chi connectivity index (χ1) is 9.65. The Morgan fingerprint density at radius 1 is 1.00 bits per heavy atom. The zero-order valence-electron chi connectivity index (χ0n) is 12.7. The van der Waals surface area contributed by atoms with E-state index < -0.39 is 0 Å². The molecule has 0 aliphatic carbocycles. The average Bonchev–Trinajstić information content (AvgIpc) is 2.47. The van der Waals surface area contributed by atoms with Gasteiger partial charge in [0.15, 0.2) is 0 Å². The molecular formula is C18H24N2. The van der Waals surface area contributed by atoms with Crippen LogP contribution in [0.4, 0.5) is 5.69 Å². The lowest BCUT2D eigenvalue weighted by molar-refractivity contribution is 0.822. The van der Waals surface area contributed by atoms with Crippen LogP contribution in [0.5, 0.6) is 0 Å². The maximum Gasteiger partial charge on any atom is 0.0432 e. The van der Waals surface area contributed by atoms with E-state index in [0.29, 0.717) is 6.54 Å². The lowest BCUT2D eigenvalue weighted by Gasteiger charge is -2.26. The maximum absolute atomic E-state index is 5.70. The molecular weight excluding hydrogens is 244 g/mol. The van der Waals surface area contributed by atoms with Crippen molar-refractivity contribution in [2.24, 2.45) is 5.73 Å². The largest absolute Gasteiger partial charge is 0.367 e. The van der Waals surface area contributed by atoms with Crippen molar-refractivity contribution < 1.29 is 0 Å². The van der Waals surface area contributed by atoms with Gasteiger partial charge in [0, 0.05) is 25.3 Å². The summed E-state index contributed by atoms with van der Waals surface area (Å²) in [6.07, 6.45) is 0. The molecule has 0 amide bonds. The van der Waals surface area contributed by atoms with Gasteiger partial charge in [0.1, 0.15) is 0 Å². The van der Waals surface area contributed by atoms with Crippen LogP contribution >= 0.6 is 0 Å². The molecule has 0 saturated heterocycles. The van der Waals surface area contributed by atoms with Crippen LogP contribution in [-0.4, -0.2) is 6.54 Å². The standard InChI is InChI=1S/C18H24N2/c1-4-20(18-8-6-5-7-14(18)2)13-17-10-9-16(12-19)11-15(17)3/h5-11H,4,12-13,19H2,1-3H3. The number of hydrogen-bond acceptors (Lipinski definition) is 2. The van der Waals surface area contributed by atoms with Crippen LogP contribution in [0.2, 0.25) is 0 Å². The molecule has 2 nitrogen and oxygen atoms in total. The Bertz CT molecular complexity index is 575. The van der Waals surface area contributed by atoms with E-state index in [2.05, 4.69) is 68.1 Å². The van der Waals surface area contributed by atoms with E-state index in [0.717, 1.165) is 13.1 Å². The minimum absolute atomic E-state index is 0.608. The predicted octanol–water partition coefficient (Wildman–Crippen LogP) is 3.79. The van der Waals surface area contributed by atoms with Crippen molar-refractivity contribution in [3.63, 3.8) is 0 Å². The third kappa shape index (κ3) is 3.20. The Morgan fingerprint density at radius 2 is 1.75 bits per heavy atom. The highest BCUT2D eigenvalue weighted by Gasteiger charge is 2.09. The topological polar surface area (TPSA) is 29.3 Å². The molecule has 0 radical (unpaired) electrons. The van der Waals surface area contributed by atoms with Gasteiger partial charge in [0.05, 0.1) is 0 Å². The summed E-state index contributed by atoms with van der Waals surface area (Å²) in [5, 5.41) is 0. The quantitative estimate of drug-likeness (QED) is 0.894. The Kier molecular flexibility index (Phi) is 4.80. The van der Waals surface area contributed by atoms with Crippen LogP contribution in [0.1, 0.15) is 29.2 Å². The molecule has 2 heteroatoms. The number of rotatable bonds is 5. The molecule has 2 aromatic carbocycles. The normalized spacial score (nSPS) is 10.6. The first-order valence-corrected chi connectivity index (χ1v) is 7.24. The fraction of sp³-hybridized carbons (Fsp3) is 0.333. The van der Waals surface area contributed by atoms with E-state index >= 15 is 0 Å². The van der Waals surface area contributed by atoms with Gasteiger partial charge in [-0.3, -0.25) is 0 Å². The molecule has 0 aromatic heterocycles. The van der Waals surface area contributed by atoms with Crippen molar-refractivity contribution in [3.8, 4) is 0 Å². The van der Waals surface area contributed by atoms with Gasteiger partial charge in [0.2, 0.25) is 0 Å². The zero-order chi connectivity index (χ0) is 14.5. The second-order valence-electron chi connectivity index (χ2n) is 5.27. The highest BCUT2D eigenvalue weighted by molar-refractivity contribution is 5.53. The summed E-state index contributed by atoms with van der Waals surface area (Å²) in [5.41, 5.74) is 12.2.